The van der Waals surface area contributed by atoms with Crippen LogP contribution in [0.2, 0.25) is 0 Å². The van der Waals surface area contributed by atoms with Gasteiger partial charge >= 0.3 is 0 Å². The van der Waals surface area contributed by atoms with Crippen LogP contribution in [-0.2, 0) is 26.7 Å². The lowest BCUT2D eigenvalue weighted by atomic mass is 10.3. The third-order valence-corrected chi connectivity index (χ3v) is 2.59. The molecule has 0 atom stereocenters. The molecule has 0 aromatic carbocycles. The van der Waals surface area contributed by atoms with Crippen molar-refractivity contribution in [1.82, 2.24) is 19.7 Å². The second-order valence-corrected chi connectivity index (χ2v) is 3.98. The van der Waals surface area contributed by atoms with E-state index in [2.05, 4.69) is 40.4 Å². The summed E-state index contributed by atoms with van der Waals surface area (Å²) in [5, 5.41) is 7.53. The highest BCUT2D eigenvalue weighted by Gasteiger charge is 1.97. The molecule has 0 aliphatic rings. The van der Waals surface area contributed by atoms with Crippen LogP contribution in [0.4, 0.5) is 0 Å². The van der Waals surface area contributed by atoms with Crippen LogP contribution in [0.25, 0.3) is 0 Å². The normalized spacial score (nSPS) is 10.9. The summed E-state index contributed by atoms with van der Waals surface area (Å²) < 4.78 is 4.01. The first-order valence-corrected chi connectivity index (χ1v) is 5.61. The minimum Gasteiger partial charge on any atom is -0.354 e. The summed E-state index contributed by atoms with van der Waals surface area (Å²) in [5.74, 6) is 0. The first-order valence-electron chi connectivity index (χ1n) is 5.61. The molecule has 2 rings (SSSR count). The number of nitrogens with one attached hydrogen (secondary N) is 1. The van der Waals surface area contributed by atoms with Gasteiger partial charge in [-0.05, 0) is 18.6 Å². The van der Waals surface area contributed by atoms with Gasteiger partial charge in [0.2, 0.25) is 0 Å². The summed E-state index contributed by atoms with van der Waals surface area (Å²) in [5.41, 5.74) is 2.54. The molecular weight excluding hydrogens is 200 g/mol. The van der Waals surface area contributed by atoms with Gasteiger partial charge in [-0.25, -0.2) is 0 Å². The zero-order valence-electron chi connectivity index (χ0n) is 9.85. The molecule has 0 amide bonds. The Kier molecular flexibility index (Phi) is 3.41. The van der Waals surface area contributed by atoms with Crippen molar-refractivity contribution in [2.24, 2.45) is 7.05 Å². The van der Waals surface area contributed by atoms with E-state index in [0.29, 0.717) is 0 Å². The van der Waals surface area contributed by atoms with Gasteiger partial charge in [-0.3, -0.25) is 4.68 Å². The number of hydrogen-bond acceptors (Lipinski definition) is 2. The lowest BCUT2D eigenvalue weighted by Crippen LogP contribution is -2.11. The lowest BCUT2D eigenvalue weighted by Gasteiger charge is -2.00. The zero-order chi connectivity index (χ0) is 11.4. The molecule has 0 radical (unpaired) electrons. The SMILES string of the molecule is CCn1ccc(CNCc2cnn(C)c2)c1. The molecule has 0 fully saturated rings. The van der Waals surface area contributed by atoms with Gasteiger partial charge in [-0.1, -0.05) is 0 Å². The highest BCUT2D eigenvalue weighted by atomic mass is 15.2. The molecule has 4 heteroatoms. The van der Waals surface area contributed by atoms with Crippen LogP contribution in [0.5, 0.6) is 0 Å². The number of aromatic nitrogens is 3. The smallest absolute Gasteiger partial charge is 0.0534 e. The Bertz CT molecular complexity index is 441. The van der Waals surface area contributed by atoms with Gasteiger partial charge in [-0.15, -0.1) is 0 Å². The molecule has 0 aliphatic heterocycles. The Morgan fingerprint density at radius 2 is 2.06 bits per heavy atom. The van der Waals surface area contributed by atoms with Crippen molar-refractivity contribution in [3.05, 3.63) is 42.0 Å². The molecule has 0 unspecified atom stereocenters. The third kappa shape index (κ3) is 2.73. The van der Waals surface area contributed by atoms with E-state index >= 15 is 0 Å². The molecule has 0 bridgehead atoms. The number of nitrogens with zero attached hydrogens (tertiary/aromatic N) is 3. The lowest BCUT2D eigenvalue weighted by molar-refractivity contribution is 0.687. The number of aryl methyl sites for hydroxylation is 2. The molecule has 86 valence electrons. The van der Waals surface area contributed by atoms with E-state index < -0.39 is 0 Å². The van der Waals surface area contributed by atoms with Gasteiger partial charge in [0.05, 0.1) is 6.20 Å². The van der Waals surface area contributed by atoms with E-state index in [4.69, 9.17) is 0 Å². The second kappa shape index (κ2) is 4.99. The predicted octanol–water partition coefficient (Wildman–Crippen LogP) is 1.53. The Morgan fingerprint density at radius 1 is 1.25 bits per heavy atom. The molecular formula is C12H18N4. The molecule has 1 N–H and O–H groups in total. The molecule has 16 heavy (non-hydrogen) atoms. The quantitative estimate of drug-likeness (QED) is 0.826. The fourth-order valence-corrected chi connectivity index (χ4v) is 1.71. The summed E-state index contributed by atoms with van der Waals surface area (Å²) in [6, 6.07) is 2.15. The minimum atomic E-state index is 0.866. The van der Waals surface area contributed by atoms with Crippen molar-refractivity contribution in [2.75, 3.05) is 0 Å². The average molecular weight is 218 g/mol. The number of hydrogen-bond donors (Lipinski definition) is 1. The van der Waals surface area contributed by atoms with E-state index in [1.54, 1.807) is 0 Å². The van der Waals surface area contributed by atoms with Gasteiger partial charge in [0.1, 0.15) is 0 Å². The Balaban J connectivity index is 1.79. The molecule has 4 nitrogen and oxygen atoms in total. The van der Waals surface area contributed by atoms with Crippen molar-refractivity contribution < 1.29 is 0 Å². The predicted molar refractivity (Wildman–Crippen MR) is 63.9 cm³/mol. The van der Waals surface area contributed by atoms with Crippen molar-refractivity contribution in [3.63, 3.8) is 0 Å². The van der Waals surface area contributed by atoms with Crippen LogP contribution in [0.15, 0.2) is 30.9 Å². The molecule has 2 aromatic heterocycles. The first-order chi connectivity index (χ1) is 7.78. The maximum atomic E-state index is 4.13. The summed E-state index contributed by atoms with van der Waals surface area (Å²) in [7, 11) is 1.94. The first kappa shape index (κ1) is 11.0. The maximum Gasteiger partial charge on any atom is 0.0534 e. The summed E-state index contributed by atoms with van der Waals surface area (Å²) >= 11 is 0. The van der Waals surface area contributed by atoms with Gasteiger partial charge < -0.3 is 9.88 Å². The van der Waals surface area contributed by atoms with Crippen LogP contribution in [0.1, 0.15) is 18.1 Å². The largest absolute Gasteiger partial charge is 0.354 e. The molecule has 0 saturated carbocycles. The van der Waals surface area contributed by atoms with Gasteiger partial charge in [0.25, 0.3) is 0 Å². The van der Waals surface area contributed by atoms with Crippen molar-refractivity contribution >= 4 is 0 Å². The summed E-state index contributed by atoms with van der Waals surface area (Å²) in [6.07, 6.45) is 8.21. The standard InChI is InChI=1S/C12H18N4/c1-3-16-5-4-11(10-16)6-13-7-12-8-14-15(2)9-12/h4-5,8-10,13H,3,6-7H2,1-2H3. The summed E-state index contributed by atoms with van der Waals surface area (Å²) in [6.45, 7) is 4.95. The maximum absolute atomic E-state index is 4.13. The van der Waals surface area contributed by atoms with Crippen LogP contribution in [0.3, 0.4) is 0 Å². The highest BCUT2D eigenvalue weighted by Crippen LogP contribution is 2.02. The highest BCUT2D eigenvalue weighted by molar-refractivity contribution is 5.10. The van der Waals surface area contributed by atoms with Gasteiger partial charge in [-0.2, -0.15) is 5.10 Å². The van der Waals surface area contributed by atoms with Gasteiger partial charge in [0.15, 0.2) is 0 Å². The number of rotatable bonds is 5. The Labute approximate surface area is 95.9 Å². The Morgan fingerprint density at radius 3 is 2.69 bits per heavy atom. The molecule has 0 saturated heterocycles. The molecule has 2 heterocycles. The zero-order valence-corrected chi connectivity index (χ0v) is 9.85. The minimum absolute atomic E-state index is 0.866. The van der Waals surface area contributed by atoms with E-state index in [-0.39, 0.29) is 0 Å². The topological polar surface area (TPSA) is 34.8 Å². The molecule has 0 spiro atoms. The van der Waals surface area contributed by atoms with Crippen molar-refractivity contribution in [3.8, 4) is 0 Å². The van der Waals surface area contributed by atoms with Crippen LogP contribution in [-0.4, -0.2) is 14.3 Å². The summed E-state index contributed by atoms with van der Waals surface area (Å²) in [4.78, 5) is 0. The van der Waals surface area contributed by atoms with E-state index in [1.165, 1.54) is 11.1 Å². The molecule has 2 aromatic rings. The fraction of sp³-hybridized carbons (Fsp3) is 0.417. The Hall–Kier alpha value is -1.55. The second-order valence-electron chi connectivity index (χ2n) is 3.98. The van der Waals surface area contributed by atoms with Gasteiger partial charge in [0, 0.05) is 50.8 Å². The fourth-order valence-electron chi connectivity index (χ4n) is 1.71. The van der Waals surface area contributed by atoms with Crippen LogP contribution in [0, 0.1) is 0 Å². The van der Waals surface area contributed by atoms with Crippen molar-refractivity contribution in [2.45, 2.75) is 26.6 Å². The van der Waals surface area contributed by atoms with Crippen LogP contribution < -0.4 is 5.32 Å². The van der Waals surface area contributed by atoms with E-state index in [0.717, 1.165) is 19.6 Å². The van der Waals surface area contributed by atoms with Crippen LogP contribution >= 0.6 is 0 Å². The monoisotopic (exact) mass is 218 g/mol. The van der Waals surface area contributed by atoms with E-state index in [9.17, 15) is 0 Å². The third-order valence-electron chi connectivity index (χ3n) is 2.59. The van der Waals surface area contributed by atoms with E-state index in [1.807, 2.05) is 24.1 Å². The average Bonchev–Trinajstić information content (AvgIpc) is 2.88. The molecule has 0 aliphatic carbocycles. The van der Waals surface area contributed by atoms with Crippen molar-refractivity contribution in [1.29, 1.82) is 0 Å².